The highest BCUT2D eigenvalue weighted by atomic mass is 35.5. The molecule has 4 heteroatoms. The van der Waals surface area contributed by atoms with Gasteiger partial charge in [-0.25, -0.2) is 0 Å². The Kier molecular flexibility index (Phi) is 1.35. The van der Waals surface area contributed by atoms with Crippen LogP contribution in [0.15, 0.2) is 0 Å². The van der Waals surface area contributed by atoms with Gasteiger partial charge in [-0.3, -0.25) is 4.79 Å². The molecule has 82 valence electrons. The van der Waals surface area contributed by atoms with Crippen LogP contribution in [0, 0.1) is 28.6 Å². The number of halogens is 1. The van der Waals surface area contributed by atoms with Gasteiger partial charge >= 0.3 is 5.97 Å². The Labute approximate surface area is 92.8 Å². The number of carboxylic acids is 1. The summed E-state index contributed by atoms with van der Waals surface area (Å²) in [6.45, 7) is 3.87. The van der Waals surface area contributed by atoms with Crippen molar-refractivity contribution in [2.45, 2.75) is 25.1 Å². The number of aldehydes is 1. The molecule has 0 aliphatic heterocycles. The van der Waals surface area contributed by atoms with Crippen LogP contribution in [-0.4, -0.2) is 22.2 Å². The summed E-state index contributed by atoms with van der Waals surface area (Å²) in [6.07, 6.45) is 1.58. The molecule has 0 aromatic heterocycles. The van der Waals surface area contributed by atoms with Gasteiger partial charge < -0.3 is 9.90 Å². The van der Waals surface area contributed by atoms with Crippen molar-refractivity contribution in [3.8, 4) is 0 Å². The number of aliphatic carboxylic acids is 1. The number of hydrogen-bond acceptors (Lipinski definition) is 2. The minimum Gasteiger partial charge on any atom is -0.481 e. The number of hydrogen-bond donors (Lipinski definition) is 1. The topological polar surface area (TPSA) is 54.4 Å². The molecule has 3 rings (SSSR count). The summed E-state index contributed by atoms with van der Waals surface area (Å²) in [5.41, 5.74) is -1.40. The predicted molar refractivity (Wildman–Crippen MR) is 53.6 cm³/mol. The highest BCUT2D eigenvalue weighted by Gasteiger charge is 3.00. The molecule has 0 aromatic carbocycles. The summed E-state index contributed by atoms with van der Waals surface area (Å²) in [5, 5.41) is 9.37. The third-order valence-electron chi connectivity index (χ3n) is 5.61. The first-order valence-electron chi connectivity index (χ1n) is 5.30. The number of carbonyl (C=O) groups is 2. The SMILES string of the molecule is CC1C(C)C2(C(=O)O)C3CC1(C=O)C32Cl. The van der Waals surface area contributed by atoms with E-state index in [2.05, 4.69) is 0 Å². The Balaban J connectivity index is 2.18. The predicted octanol–water partition coefficient (Wildman–Crippen LogP) is 1.54. The maximum absolute atomic E-state index is 11.4. The van der Waals surface area contributed by atoms with E-state index in [1.807, 2.05) is 13.8 Å². The van der Waals surface area contributed by atoms with Crippen LogP contribution in [0.2, 0.25) is 0 Å². The van der Waals surface area contributed by atoms with Crippen LogP contribution in [0.25, 0.3) is 0 Å². The molecule has 3 saturated carbocycles. The number of rotatable bonds is 2. The smallest absolute Gasteiger partial charge is 0.312 e. The van der Waals surface area contributed by atoms with Gasteiger partial charge in [0.05, 0.1) is 10.3 Å². The minimum atomic E-state index is -0.825. The Bertz CT molecular complexity index is 395. The van der Waals surface area contributed by atoms with E-state index in [0.717, 1.165) is 6.29 Å². The minimum absolute atomic E-state index is 0.00329. The first kappa shape index (κ1) is 9.64. The van der Waals surface area contributed by atoms with Crippen LogP contribution in [0.3, 0.4) is 0 Å². The molecule has 0 aromatic rings. The molecule has 0 spiro atoms. The van der Waals surface area contributed by atoms with Crippen molar-refractivity contribution in [3.05, 3.63) is 0 Å². The maximum atomic E-state index is 11.4. The second-order valence-corrected chi connectivity index (χ2v) is 5.97. The third kappa shape index (κ3) is 0.532. The van der Waals surface area contributed by atoms with E-state index in [-0.39, 0.29) is 17.8 Å². The van der Waals surface area contributed by atoms with Gasteiger partial charge in [0.15, 0.2) is 0 Å². The Morgan fingerprint density at radius 3 is 2.40 bits per heavy atom. The van der Waals surface area contributed by atoms with E-state index in [9.17, 15) is 14.7 Å². The summed E-state index contributed by atoms with van der Waals surface area (Å²) in [4.78, 5) is 21.9. The van der Waals surface area contributed by atoms with Crippen molar-refractivity contribution in [3.63, 3.8) is 0 Å². The second kappa shape index (κ2) is 2.10. The Morgan fingerprint density at radius 1 is 1.47 bits per heavy atom. The Hall–Kier alpha value is -0.570. The average Bonchev–Trinajstić information content (AvgIpc) is 2.59. The molecule has 0 radical (unpaired) electrons. The summed E-state index contributed by atoms with van der Waals surface area (Å²) >= 11 is 6.43. The molecular weight excluding hydrogens is 216 g/mol. The summed E-state index contributed by atoms with van der Waals surface area (Å²) in [7, 11) is 0. The standard InChI is InChI=1S/C11H13ClO3/c1-5-6(2)10(8(14)15)7-3-9(5,4-13)11(7,10)12/h4-7H,3H2,1-2H3,(H,14,15). The fraction of sp³-hybridized carbons (Fsp3) is 0.818. The first-order chi connectivity index (χ1) is 6.91. The van der Waals surface area contributed by atoms with Gasteiger partial charge in [0.2, 0.25) is 0 Å². The fourth-order valence-electron chi connectivity index (χ4n) is 4.65. The van der Waals surface area contributed by atoms with Gasteiger partial charge in [-0.15, -0.1) is 11.6 Å². The molecule has 3 aliphatic rings. The van der Waals surface area contributed by atoms with E-state index >= 15 is 0 Å². The van der Waals surface area contributed by atoms with Gasteiger partial charge in [0, 0.05) is 5.41 Å². The summed E-state index contributed by atoms with van der Waals surface area (Å²) in [6, 6.07) is 0. The van der Waals surface area contributed by atoms with Crippen LogP contribution >= 0.6 is 11.6 Å². The van der Waals surface area contributed by atoms with Gasteiger partial charge in [-0.2, -0.15) is 0 Å². The van der Waals surface area contributed by atoms with E-state index in [0.29, 0.717) is 6.42 Å². The lowest BCUT2D eigenvalue weighted by molar-refractivity contribution is -0.147. The zero-order valence-electron chi connectivity index (χ0n) is 8.66. The van der Waals surface area contributed by atoms with Crippen molar-refractivity contribution < 1.29 is 14.7 Å². The number of carboxylic acid groups (broad SMARTS) is 1. The van der Waals surface area contributed by atoms with Crippen molar-refractivity contribution in [2.75, 3.05) is 0 Å². The quantitative estimate of drug-likeness (QED) is 0.576. The maximum Gasteiger partial charge on any atom is 0.312 e. The van der Waals surface area contributed by atoms with Gasteiger partial charge in [0.25, 0.3) is 0 Å². The molecule has 1 N–H and O–H groups in total. The third-order valence-corrected chi connectivity index (χ3v) is 6.54. The molecule has 15 heavy (non-hydrogen) atoms. The summed E-state index contributed by atoms with van der Waals surface area (Å²) < 4.78 is 0. The lowest BCUT2D eigenvalue weighted by Crippen LogP contribution is -2.49. The van der Waals surface area contributed by atoms with Gasteiger partial charge in [-0.05, 0) is 24.2 Å². The van der Waals surface area contributed by atoms with Crippen molar-refractivity contribution in [1.29, 1.82) is 0 Å². The molecule has 0 bridgehead atoms. The molecule has 3 nitrogen and oxygen atoms in total. The molecule has 0 amide bonds. The average molecular weight is 229 g/mol. The van der Waals surface area contributed by atoms with Crippen LogP contribution in [-0.2, 0) is 9.59 Å². The lowest BCUT2D eigenvalue weighted by Gasteiger charge is -2.45. The molecule has 0 saturated heterocycles. The molecular formula is C11H13ClO3. The normalized spacial score (nSPS) is 64.3. The zero-order valence-corrected chi connectivity index (χ0v) is 9.41. The second-order valence-electron chi connectivity index (χ2n) is 5.38. The zero-order chi connectivity index (χ0) is 11.2. The van der Waals surface area contributed by atoms with Crippen molar-refractivity contribution >= 4 is 23.9 Å². The fourth-order valence-corrected chi connectivity index (χ4v) is 5.52. The van der Waals surface area contributed by atoms with E-state index in [4.69, 9.17) is 11.6 Å². The first-order valence-corrected chi connectivity index (χ1v) is 5.67. The van der Waals surface area contributed by atoms with E-state index < -0.39 is 21.7 Å². The van der Waals surface area contributed by atoms with Crippen LogP contribution in [0.4, 0.5) is 0 Å². The molecule has 3 fully saturated rings. The molecule has 6 unspecified atom stereocenters. The highest BCUT2D eigenvalue weighted by Crippen LogP contribution is 2.93. The highest BCUT2D eigenvalue weighted by molar-refractivity contribution is 6.33. The molecule has 6 atom stereocenters. The molecule has 3 aliphatic carbocycles. The molecule has 0 heterocycles. The van der Waals surface area contributed by atoms with Gasteiger partial charge in [-0.1, -0.05) is 13.8 Å². The lowest BCUT2D eigenvalue weighted by atomic mass is 9.59. The number of fused-ring (bicyclic) bond motifs is 1. The van der Waals surface area contributed by atoms with Gasteiger partial charge in [0.1, 0.15) is 6.29 Å². The van der Waals surface area contributed by atoms with Crippen LogP contribution in [0.1, 0.15) is 20.3 Å². The number of alkyl halides is 1. The Morgan fingerprint density at radius 2 is 2.07 bits per heavy atom. The van der Waals surface area contributed by atoms with E-state index in [1.54, 1.807) is 0 Å². The largest absolute Gasteiger partial charge is 0.481 e. The van der Waals surface area contributed by atoms with Crippen LogP contribution < -0.4 is 0 Å². The van der Waals surface area contributed by atoms with Crippen molar-refractivity contribution in [2.24, 2.45) is 28.6 Å². The van der Waals surface area contributed by atoms with Crippen molar-refractivity contribution in [1.82, 2.24) is 0 Å². The number of carbonyl (C=O) groups excluding carboxylic acids is 1. The monoisotopic (exact) mass is 228 g/mol. The van der Waals surface area contributed by atoms with Crippen LogP contribution in [0.5, 0.6) is 0 Å². The van der Waals surface area contributed by atoms with E-state index in [1.165, 1.54) is 0 Å². The summed E-state index contributed by atoms with van der Waals surface area (Å²) in [5.74, 6) is -0.728.